The molecule has 2 aliphatic rings. The zero-order chi connectivity index (χ0) is 21.1. The normalized spacial score (nSPS) is 14.1. The number of unbranched alkanes of at least 4 members (excludes halogenated alkanes) is 1. The van der Waals surface area contributed by atoms with Crippen LogP contribution < -0.4 is 19.5 Å². The molecule has 1 N–H and O–H groups in total. The molecule has 156 valence electrons. The smallest absolute Gasteiger partial charge is 0.261 e. The molecule has 30 heavy (non-hydrogen) atoms. The maximum absolute atomic E-state index is 12.5. The lowest BCUT2D eigenvalue weighted by atomic mass is 10.1. The molecule has 3 amide bonds. The Labute approximate surface area is 173 Å². The third-order valence-electron chi connectivity index (χ3n) is 4.97. The number of ether oxygens (including phenoxy) is 3. The summed E-state index contributed by atoms with van der Waals surface area (Å²) in [5.41, 5.74) is 0.953. The number of fused-ring (bicyclic) bond motifs is 2. The number of carbonyl (C=O) groups excluding carboxylic acids is 3. The fourth-order valence-corrected chi connectivity index (χ4v) is 3.35. The highest BCUT2D eigenvalue weighted by Gasteiger charge is 2.35. The number of imide groups is 1. The first-order valence-corrected chi connectivity index (χ1v) is 9.89. The lowest BCUT2D eigenvalue weighted by Crippen LogP contribution is -2.30. The van der Waals surface area contributed by atoms with Gasteiger partial charge in [0.2, 0.25) is 6.79 Å². The van der Waals surface area contributed by atoms with Crippen molar-refractivity contribution in [3.8, 4) is 17.2 Å². The number of nitrogens with one attached hydrogen (secondary N) is 1. The lowest BCUT2D eigenvalue weighted by Gasteiger charge is -2.12. The number of carbonyl (C=O) groups is 3. The summed E-state index contributed by atoms with van der Waals surface area (Å²) in [4.78, 5) is 38.6. The van der Waals surface area contributed by atoms with Crippen LogP contribution in [0.2, 0.25) is 0 Å². The molecule has 2 aliphatic heterocycles. The van der Waals surface area contributed by atoms with E-state index in [0.29, 0.717) is 34.9 Å². The molecule has 0 saturated carbocycles. The molecule has 2 aromatic carbocycles. The SMILES string of the molecule is CCCCN1C(=O)c2ccc(C(=O)NCCOc3ccc4c(c3)OCO4)cc2C1=O. The van der Waals surface area contributed by atoms with Gasteiger partial charge in [-0.05, 0) is 36.8 Å². The third-order valence-corrected chi connectivity index (χ3v) is 4.97. The molecule has 0 spiro atoms. The second-order valence-electron chi connectivity index (χ2n) is 7.00. The van der Waals surface area contributed by atoms with Gasteiger partial charge >= 0.3 is 0 Å². The molecule has 0 atom stereocenters. The highest BCUT2D eigenvalue weighted by atomic mass is 16.7. The highest BCUT2D eigenvalue weighted by molar-refractivity contribution is 6.22. The van der Waals surface area contributed by atoms with Gasteiger partial charge in [-0.15, -0.1) is 0 Å². The zero-order valence-electron chi connectivity index (χ0n) is 16.6. The fourth-order valence-electron chi connectivity index (χ4n) is 3.35. The number of hydrogen-bond acceptors (Lipinski definition) is 6. The van der Waals surface area contributed by atoms with Gasteiger partial charge in [-0.2, -0.15) is 0 Å². The van der Waals surface area contributed by atoms with E-state index in [9.17, 15) is 14.4 Å². The summed E-state index contributed by atoms with van der Waals surface area (Å²) in [7, 11) is 0. The Hall–Kier alpha value is -3.55. The van der Waals surface area contributed by atoms with Crippen LogP contribution in [0.3, 0.4) is 0 Å². The minimum atomic E-state index is -0.343. The van der Waals surface area contributed by atoms with Crippen LogP contribution in [-0.2, 0) is 0 Å². The van der Waals surface area contributed by atoms with Gasteiger partial charge in [0.05, 0.1) is 17.7 Å². The van der Waals surface area contributed by atoms with Crippen LogP contribution in [0.4, 0.5) is 0 Å². The third kappa shape index (κ3) is 3.80. The van der Waals surface area contributed by atoms with Crippen molar-refractivity contribution in [2.24, 2.45) is 0 Å². The molecule has 4 rings (SSSR count). The average molecular weight is 410 g/mol. The Balaban J connectivity index is 1.32. The van der Waals surface area contributed by atoms with Gasteiger partial charge in [0.25, 0.3) is 17.7 Å². The van der Waals surface area contributed by atoms with Crippen LogP contribution in [-0.4, -0.2) is 49.1 Å². The summed E-state index contributed by atoms with van der Waals surface area (Å²) in [5, 5.41) is 2.75. The van der Waals surface area contributed by atoms with Gasteiger partial charge in [-0.3, -0.25) is 19.3 Å². The molecule has 8 nitrogen and oxygen atoms in total. The van der Waals surface area contributed by atoms with Gasteiger partial charge in [-0.1, -0.05) is 13.3 Å². The van der Waals surface area contributed by atoms with Gasteiger partial charge < -0.3 is 19.5 Å². The molecule has 0 radical (unpaired) electrons. The first-order chi connectivity index (χ1) is 14.6. The molecule has 2 aromatic rings. The largest absolute Gasteiger partial charge is 0.492 e. The molecule has 0 unspecified atom stereocenters. The topological polar surface area (TPSA) is 94.2 Å². The van der Waals surface area contributed by atoms with Gasteiger partial charge in [-0.25, -0.2) is 0 Å². The van der Waals surface area contributed by atoms with Gasteiger partial charge in [0, 0.05) is 18.2 Å². The van der Waals surface area contributed by atoms with E-state index in [1.54, 1.807) is 30.3 Å². The minimum Gasteiger partial charge on any atom is -0.492 e. The van der Waals surface area contributed by atoms with Crippen molar-refractivity contribution in [2.75, 3.05) is 26.5 Å². The molecular weight excluding hydrogens is 388 g/mol. The Morgan fingerprint density at radius 2 is 1.87 bits per heavy atom. The van der Waals surface area contributed by atoms with Crippen LogP contribution in [0.15, 0.2) is 36.4 Å². The van der Waals surface area contributed by atoms with E-state index in [2.05, 4.69) is 5.32 Å². The molecule has 0 fully saturated rings. The Morgan fingerprint density at radius 1 is 1.07 bits per heavy atom. The van der Waals surface area contributed by atoms with Crippen LogP contribution >= 0.6 is 0 Å². The van der Waals surface area contributed by atoms with Gasteiger partial charge in [0.15, 0.2) is 11.5 Å². The van der Waals surface area contributed by atoms with E-state index in [-0.39, 0.29) is 43.2 Å². The summed E-state index contributed by atoms with van der Waals surface area (Å²) >= 11 is 0. The van der Waals surface area contributed by atoms with E-state index in [1.807, 2.05) is 6.92 Å². The molecular formula is C22H22N2O6. The average Bonchev–Trinajstić information content (AvgIpc) is 3.32. The van der Waals surface area contributed by atoms with E-state index in [4.69, 9.17) is 14.2 Å². The van der Waals surface area contributed by atoms with Crippen molar-refractivity contribution in [3.05, 3.63) is 53.1 Å². The molecule has 8 heteroatoms. The van der Waals surface area contributed by atoms with E-state index in [1.165, 1.54) is 11.0 Å². The van der Waals surface area contributed by atoms with E-state index >= 15 is 0 Å². The van der Waals surface area contributed by atoms with E-state index < -0.39 is 0 Å². The van der Waals surface area contributed by atoms with Crippen molar-refractivity contribution < 1.29 is 28.6 Å². The number of amides is 3. The van der Waals surface area contributed by atoms with Crippen molar-refractivity contribution in [2.45, 2.75) is 19.8 Å². The van der Waals surface area contributed by atoms with Crippen molar-refractivity contribution >= 4 is 17.7 Å². The molecule has 0 aromatic heterocycles. The van der Waals surface area contributed by atoms with Crippen molar-refractivity contribution in [1.29, 1.82) is 0 Å². The summed E-state index contributed by atoms with van der Waals surface area (Å²) in [6.45, 7) is 3.12. The molecule has 0 bridgehead atoms. The quantitative estimate of drug-likeness (QED) is 0.531. The summed E-state index contributed by atoms with van der Waals surface area (Å²) in [5.74, 6) is 0.939. The number of benzene rings is 2. The zero-order valence-corrected chi connectivity index (χ0v) is 16.6. The lowest BCUT2D eigenvalue weighted by molar-refractivity contribution is 0.0652. The highest BCUT2D eigenvalue weighted by Crippen LogP contribution is 2.35. The minimum absolute atomic E-state index is 0.195. The number of hydrogen-bond donors (Lipinski definition) is 1. The van der Waals surface area contributed by atoms with Crippen molar-refractivity contribution in [3.63, 3.8) is 0 Å². The Bertz CT molecular complexity index is 1000. The van der Waals surface area contributed by atoms with Gasteiger partial charge in [0.1, 0.15) is 12.4 Å². The second-order valence-corrected chi connectivity index (χ2v) is 7.00. The monoisotopic (exact) mass is 410 g/mol. The second kappa shape index (κ2) is 8.44. The first-order valence-electron chi connectivity index (χ1n) is 9.89. The molecule has 2 heterocycles. The summed E-state index contributed by atoms with van der Waals surface area (Å²) in [6.07, 6.45) is 1.64. The number of rotatable bonds is 8. The summed E-state index contributed by atoms with van der Waals surface area (Å²) < 4.78 is 16.2. The maximum atomic E-state index is 12.5. The predicted molar refractivity (Wildman–Crippen MR) is 107 cm³/mol. The van der Waals surface area contributed by atoms with Crippen molar-refractivity contribution in [1.82, 2.24) is 10.2 Å². The standard InChI is InChI=1S/C22H22N2O6/c1-2-3-9-24-21(26)16-6-4-14(11-17(16)22(24)27)20(25)23-8-10-28-15-5-7-18-19(12-15)30-13-29-18/h4-7,11-12H,2-3,8-10,13H2,1H3,(H,23,25). The number of nitrogens with zero attached hydrogens (tertiary/aromatic N) is 1. The molecule has 0 aliphatic carbocycles. The Kier molecular flexibility index (Phi) is 5.56. The van der Waals surface area contributed by atoms with Crippen LogP contribution in [0.25, 0.3) is 0 Å². The van der Waals surface area contributed by atoms with E-state index in [0.717, 1.165) is 12.8 Å². The van der Waals surface area contributed by atoms with Crippen LogP contribution in [0.1, 0.15) is 50.8 Å². The van der Waals surface area contributed by atoms with Crippen LogP contribution in [0.5, 0.6) is 17.2 Å². The first kappa shape index (κ1) is 19.8. The fraction of sp³-hybridized carbons (Fsp3) is 0.318. The summed E-state index contributed by atoms with van der Waals surface area (Å²) in [6, 6.07) is 9.85. The maximum Gasteiger partial charge on any atom is 0.261 e. The van der Waals surface area contributed by atoms with Crippen LogP contribution in [0, 0.1) is 0 Å². The predicted octanol–water partition coefficient (Wildman–Crippen LogP) is 2.62. The molecule has 0 saturated heterocycles. The Morgan fingerprint density at radius 3 is 2.70 bits per heavy atom.